The quantitative estimate of drug-likeness (QED) is 0.339. The van der Waals surface area contributed by atoms with Crippen molar-refractivity contribution < 1.29 is 22.7 Å². The van der Waals surface area contributed by atoms with Crippen LogP contribution in [0, 0.1) is 12.8 Å². The summed E-state index contributed by atoms with van der Waals surface area (Å²) in [7, 11) is 1.80. The molecule has 0 saturated carbocycles. The van der Waals surface area contributed by atoms with Crippen LogP contribution in [0.25, 0.3) is 0 Å². The predicted octanol–water partition coefficient (Wildman–Crippen LogP) is 5.52. The van der Waals surface area contributed by atoms with Crippen LogP contribution in [0.5, 0.6) is 5.75 Å². The van der Waals surface area contributed by atoms with Crippen molar-refractivity contribution >= 4 is 50.9 Å². The van der Waals surface area contributed by atoms with Crippen molar-refractivity contribution in [2.24, 2.45) is 8.80 Å². The molecule has 2 aromatic heterocycles. The van der Waals surface area contributed by atoms with Gasteiger partial charge >= 0.3 is 0 Å². The van der Waals surface area contributed by atoms with Crippen LogP contribution in [-0.4, -0.2) is 56.8 Å². The van der Waals surface area contributed by atoms with Gasteiger partial charge in [0.05, 0.1) is 18.5 Å². The summed E-state index contributed by atoms with van der Waals surface area (Å²) in [6, 6.07) is 1.93. The van der Waals surface area contributed by atoms with E-state index in [9.17, 15) is 13.5 Å². The SMILES string of the molecule is C#C.CC.CCC.CCc1coc(CNC2=NS(=O)N=C2Nc2csc(S(=O)N(CC)CC)c2O)c1.COC. The summed E-state index contributed by atoms with van der Waals surface area (Å²) < 4.78 is 44.1. The first kappa shape index (κ1) is 38.6. The standard InChI is InChI=1S/C17H23N5O4S3.C3H8.C2H6O.C2H6.C2H2/c1-4-11-7-12(26-9-11)8-18-15-16(21-29(25)20-15)19-13-10-27-17(14(13)23)28(24)22(5-2)6-3;2*1-3-2;2*1-2/h7,9-10,23H,4-6,8H2,1-3H3,(H,18,20)(H,19,21);3H2,1-2H3;1-2H3;1-2H3;1-2H. The minimum Gasteiger partial charge on any atom is -0.504 e. The molecule has 2 atom stereocenters. The minimum absolute atomic E-state index is 0.112. The number of anilines is 1. The second-order valence-electron chi connectivity index (χ2n) is 7.13. The lowest BCUT2D eigenvalue weighted by molar-refractivity contribution is 0.277. The number of furan rings is 1. The lowest BCUT2D eigenvalue weighted by Gasteiger charge is -2.15. The number of rotatable bonds is 8. The van der Waals surface area contributed by atoms with E-state index in [1.54, 1.807) is 30.2 Å². The molecule has 222 valence electrons. The molecule has 0 fully saturated rings. The fourth-order valence-electron chi connectivity index (χ4n) is 2.59. The van der Waals surface area contributed by atoms with Crippen molar-refractivity contribution in [3.05, 3.63) is 29.0 Å². The molecular weight excluding hydrogens is 559 g/mol. The Hall–Kier alpha value is -2.50. The molecule has 13 heteroatoms. The first-order chi connectivity index (χ1) is 18.8. The van der Waals surface area contributed by atoms with Gasteiger partial charge in [-0.2, -0.15) is 0 Å². The van der Waals surface area contributed by atoms with E-state index in [0.29, 0.717) is 35.4 Å². The number of methoxy groups -OCH3 is 1. The van der Waals surface area contributed by atoms with Gasteiger partial charge in [0.15, 0.2) is 21.6 Å². The third-order valence-corrected chi connectivity index (χ3v) is 7.84. The summed E-state index contributed by atoms with van der Waals surface area (Å²) in [5.74, 6) is 1.14. The zero-order valence-corrected chi connectivity index (χ0v) is 27.0. The average molecular weight is 604 g/mol. The molecule has 0 spiro atoms. The Morgan fingerprint density at radius 2 is 1.67 bits per heavy atom. The molecule has 0 amide bonds. The van der Waals surface area contributed by atoms with Gasteiger partial charge in [-0.3, -0.25) is 0 Å². The highest BCUT2D eigenvalue weighted by Gasteiger charge is 2.24. The summed E-state index contributed by atoms with van der Waals surface area (Å²) in [4.78, 5) is 0. The molecule has 3 N–H and O–H groups in total. The number of aryl methyl sites for hydroxylation is 1. The van der Waals surface area contributed by atoms with Crippen molar-refractivity contribution in [3.8, 4) is 18.6 Å². The summed E-state index contributed by atoms with van der Waals surface area (Å²) in [6.07, 6.45) is 11.8. The highest BCUT2D eigenvalue weighted by Crippen LogP contribution is 2.37. The number of aromatic hydroxyl groups is 1. The highest BCUT2D eigenvalue weighted by molar-refractivity contribution is 7.85. The topological polar surface area (TPSA) is 129 Å². The van der Waals surface area contributed by atoms with Gasteiger partial charge in [0.25, 0.3) is 11.2 Å². The fourth-order valence-corrected chi connectivity index (χ4v) is 5.61. The van der Waals surface area contributed by atoms with E-state index in [4.69, 9.17) is 4.42 Å². The highest BCUT2D eigenvalue weighted by atomic mass is 32.2. The van der Waals surface area contributed by atoms with Crippen LogP contribution < -0.4 is 10.6 Å². The third-order valence-electron chi connectivity index (χ3n) is 4.19. The summed E-state index contributed by atoms with van der Waals surface area (Å²) in [5.41, 5.74) is 1.42. The van der Waals surface area contributed by atoms with Crippen LogP contribution in [0.1, 0.15) is 66.2 Å². The van der Waals surface area contributed by atoms with Crippen LogP contribution in [-0.2, 0) is 39.9 Å². The molecule has 39 heavy (non-hydrogen) atoms. The van der Waals surface area contributed by atoms with Crippen LogP contribution in [0.15, 0.2) is 35.1 Å². The van der Waals surface area contributed by atoms with Gasteiger partial charge in [-0.15, -0.1) is 33.0 Å². The number of terminal acetylenes is 1. The fraction of sp³-hybridized carbons (Fsp3) is 0.538. The Balaban J connectivity index is 0. The third kappa shape index (κ3) is 13.4. The van der Waals surface area contributed by atoms with Crippen molar-refractivity contribution in [2.45, 2.75) is 72.1 Å². The van der Waals surface area contributed by atoms with Gasteiger partial charge in [-0.25, -0.2) is 12.7 Å². The number of nitrogens with zero attached hydrogens (tertiary/aromatic N) is 3. The van der Waals surface area contributed by atoms with Gasteiger partial charge in [-0.1, -0.05) is 54.9 Å². The molecule has 0 aromatic carbocycles. The van der Waals surface area contributed by atoms with E-state index in [2.05, 4.69) is 50.9 Å². The molecule has 3 heterocycles. The molecule has 0 bridgehead atoms. The van der Waals surface area contributed by atoms with Crippen LogP contribution in [0.4, 0.5) is 5.69 Å². The van der Waals surface area contributed by atoms with E-state index in [1.807, 2.05) is 40.7 Å². The Bertz CT molecular complexity index is 1060. The first-order valence-corrected chi connectivity index (χ1v) is 15.7. The zero-order chi connectivity index (χ0) is 30.4. The smallest absolute Gasteiger partial charge is 0.269 e. The molecule has 0 aliphatic carbocycles. The normalized spacial score (nSPS) is 14.0. The largest absolute Gasteiger partial charge is 0.504 e. The summed E-state index contributed by atoms with van der Waals surface area (Å²) >= 11 is -0.572. The van der Waals surface area contributed by atoms with E-state index in [1.165, 1.54) is 17.8 Å². The van der Waals surface area contributed by atoms with E-state index < -0.39 is 22.2 Å². The Morgan fingerprint density at radius 1 is 1.13 bits per heavy atom. The minimum atomic E-state index is -1.76. The van der Waals surface area contributed by atoms with Gasteiger partial charge in [0, 0.05) is 32.7 Å². The number of hydrogen-bond donors (Lipinski definition) is 3. The van der Waals surface area contributed by atoms with Crippen LogP contribution in [0.3, 0.4) is 0 Å². The van der Waals surface area contributed by atoms with Crippen molar-refractivity contribution in [3.63, 3.8) is 0 Å². The second kappa shape index (κ2) is 23.4. The van der Waals surface area contributed by atoms with Crippen LogP contribution >= 0.6 is 11.3 Å². The molecule has 0 radical (unpaired) electrons. The maximum absolute atomic E-state index is 12.6. The van der Waals surface area contributed by atoms with Crippen molar-refractivity contribution in [1.29, 1.82) is 0 Å². The number of ether oxygens (including phenoxy) is 1. The Morgan fingerprint density at radius 3 is 2.15 bits per heavy atom. The van der Waals surface area contributed by atoms with Gasteiger partial charge in [-0.05, 0) is 18.1 Å². The van der Waals surface area contributed by atoms with E-state index in [-0.39, 0.29) is 11.6 Å². The molecular formula is C26H45N5O5S3. The Kier molecular flexibility index (Phi) is 23.2. The summed E-state index contributed by atoms with van der Waals surface area (Å²) in [5, 5.41) is 18.1. The van der Waals surface area contributed by atoms with Crippen molar-refractivity contribution in [1.82, 2.24) is 9.62 Å². The molecule has 1 aliphatic heterocycles. The lowest BCUT2D eigenvalue weighted by atomic mass is 10.2. The maximum atomic E-state index is 12.6. The molecule has 3 rings (SSSR count). The zero-order valence-electron chi connectivity index (χ0n) is 24.6. The maximum Gasteiger partial charge on any atom is 0.269 e. The van der Waals surface area contributed by atoms with E-state index >= 15 is 0 Å². The van der Waals surface area contributed by atoms with Gasteiger partial charge in [0.1, 0.15) is 16.7 Å². The monoisotopic (exact) mass is 603 g/mol. The lowest BCUT2D eigenvalue weighted by Crippen LogP contribution is -2.33. The molecule has 10 nitrogen and oxygen atoms in total. The number of nitrogens with one attached hydrogen (secondary N) is 2. The number of amidine groups is 2. The molecule has 2 unspecified atom stereocenters. The van der Waals surface area contributed by atoms with E-state index in [0.717, 1.165) is 17.7 Å². The molecule has 2 aromatic rings. The predicted molar refractivity (Wildman–Crippen MR) is 167 cm³/mol. The molecule has 1 aliphatic rings. The van der Waals surface area contributed by atoms with Gasteiger partial charge in [0.2, 0.25) is 0 Å². The number of hydrogen-bond acceptors (Lipinski definition) is 8. The summed E-state index contributed by atoms with van der Waals surface area (Å²) in [6.45, 7) is 15.7. The molecule has 0 saturated heterocycles. The first-order valence-electron chi connectivity index (χ1n) is 12.7. The number of thiophene rings is 1. The van der Waals surface area contributed by atoms with Crippen LogP contribution in [0.2, 0.25) is 0 Å². The Labute approximate surface area is 243 Å². The van der Waals surface area contributed by atoms with Gasteiger partial charge < -0.3 is 24.9 Å². The van der Waals surface area contributed by atoms with Crippen molar-refractivity contribution in [2.75, 3.05) is 32.6 Å². The average Bonchev–Trinajstić information content (AvgIpc) is 3.65. The second-order valence-corrected chi connectivity index (χ2v) is 10.5.